The van der Waals surface area contributed by atoms with Crippen LogP contribution in [0.5, 0.6) is 0 Å². The molecule has 1 heterocycles. The molecule has 1 fully saturated rings. The molecule has 1 aliphatic carbocycles. The van der Waals surface area contributed by atoms with E-state index in [2.05, 4.69) is 16.7 Å². The molecule has 1 aromatic carbocycles. The zero-order valence-electron chi connectivity index (χ0n) is 15.8. The number of hydrogen-bond donors (Lipinski definition) is 2. The number of nitrogens with zero attached hydrogens (tertiary/aromatic N) is 2. The minimum atomic E-state index is -1.06. The van der Waals surface area contributed by atoms with E-state index in [9.17, 15) is 19.6 Å². The summed E-state index contributed by atoms with van der Waals surface area (Å²) in [5.41, 5.74) is 0.184. The SMILES string of the molecule is CC(C)C(C)(C#N)NC(=O)CN1C(=O)NC2(CCc3ccccc3C2)C1=O. The number of benzene rings is 1. The van der Waals surface area contributed by atoms with Crippen LogP contribution in [0.1, 0.15) is 38.3 Å². The van der Waals surface area contributed by atoms with Crippen molar-refractivity contribution in [1.82, 2.24) is 15.5 Å². The van der Waals surface area contributed by atoms with Gasteiger partial charge in [0.05, 0.1) is 6.07 Å². The van der Waals surface area contributed by atoms with E-state index < -0.39 is 29.6 Å². The molecule has 0 radical (unpaired) electrons. The first-order valence-corrected chi connectivity index (χ1v) is 9.14. The minimum Gasteiger partial charge on any atom is -0.336 e. The number of carbonyl (C=O) groups is 3. The Hall–Kier alpha value is -2.88. The molecule has 1 spiro atoms. The van der Waals surface area contributed by atoms with Crippen molar-refractivity contribution in [2.75, 3.05) is 6.54 Å². The second kappa shape index (κ2) is 6.69. The molecule has 7 nitrogen and oxygen atoms in total. The van der Waals surface area contributed by atoms with Crippen LogP contribution in [0.2, 0.25) is 0 Å². The van der Waals surface area contributed by atoms with Crippen molar-refractivity contribution in [2.24, 2.45) is 5.92 Å². The maximum Gasteiger partial charge on any atom is 0.325 e. The van der Waals surface area contributed by atoms with E-state index in [1.165, 1.54) is 5.56 Å². The molecule has 7 heteroatoms. The number of amides is 4. The highest BCUT2D eigenvalue weighted by Crippen LogP contribution is 2.33. The van der Waals surface area contributed by atoms with Crippen LogP contribution in [0, 0.1) is 17.2 Å². The molecule has 142 valence electrons. The van der Waals surface area contributed by atoms with Crippen molar-refractivity contribution < 1.29 is 14.4 Å². The molecule has 0 aromatic heterocycles. The Labute approximate surface area is 158 Å². The summed E-state index contributed by atoms with van der Waals surface area (Å²) < 4.78 is 0. The van der Waals surface area contributed by atoms with Crippen LogP contribution < -0.4 is 10.6 Å². The standard InChI is InChI=1S/C20H24N4O3/c1-13(2)19(3,12-21)22-16(25)11-24-17(26)20(23-18(24)27)9-8-14-6-4-5-7-15(14)10-20/h4-7,13H,8-11H2,1-3H3,(H,22,25)(H,23,27). The highest BCUT2D eigenvalue weighted by molar-refractivity contribution is 6.09. The Morgan fingerprint density at radius 2 is 2.04 bits per heavy atom. The number of nitrogens with one attached hydrogen (secondary N) is 2. The predicted octanol–water partition coefficient (Wildman–Crippen LogP) is 1.52. The molecule has 27 heavy (non-hydrogen) atoms. The summed E-state index contributed by atoms with van der Waals surface area (Å²) in [5.74, 6) is -1.01. The van der Waals surface area contributed by atoms with E-state index in [4.69, 9.17) is 0 Å². The fourth-order valence-electron chi connectivity index (χ4n) is 3.62. The summed E-state index contributed by atoms with van der Waals surface area (Å²) in [4.78, 5) is 38.8. The Balaban J connectivity index is 1.74. The maximum absolute atomic E-state index is 13.0. The number of imide groups is 1. The highest BCUT2D eigenvalue weighted by Gasteiger charge is 2.52. The number of nitriles is 1. The second-order valence-electron chi connectivity index (χ2n) is 7.87. The van der Waals surface area contributed by atoms with E-state index in [1.54, 1.807) is 6.92 Å². The molecule has 2 unspecified atom stereocenters. The van der Waals surface area contributed by atoms with Gasteiger partial charge in [0.1, 0.15) is 17.6 Å². The van der Waals surface area contributed by atoms with Gasteiger partial charge in [-0.1, -0.05) is 38.1 Å². The van der Waals surface area contributed by atoms with Crippen molar-refractivity contribution in [3.8, 4) is 6.07 Å². The summed E-state index contributed by atoms with van der Waals surface area (Å²) in [6.45, 7) is 4.89. The molecule has 3 rings (SSSR count). The maximum atomic E-state index is 13.0. The number of aryl methyl sites for hydroxylation is 1. The molecule has 0 saturated carbocycles. The topological polar surface area (TPSA) is 102 Å². The summed E-state index contributed by atoms with van der Waals surface area (Å²) in [7, 11) is 0. The van der Waals surface area contributed by atoms with Crippen molar-refractivity contribution >= 4 is 17.8 Å². The molecular formula is C20H24N4O3. The fraction of sp³-hybridized carbons (Fsp3) is 0.500. The summed E-state index contributed by atoms with van der Waals surface area (Å²) in [5, 5.41) is 14.8. The van der Waals surface area contributed by atoms with Crippen LogP contribution in [0.3, 0.4) is 0 Å². The van der Waals surface area contributed by atoms with Crippen molar-refractivity contribution in [3.63, 3.8) is 0 Å². The van der Waals surface area contributed by atoms with Gasteiger partial charge in [-0.3, -0.25) is 14.5 Å². The van der Waals surface area contributed by atoms with Crippen molar-refractivity contribution in [3.05, 3.63) is 35.4 Å². The third-order valence-electron chi connectivity index (χ3n) is 5.77. The van der Waals surface area contributed by atoms with Crippen LogP contribution in [-0.2, 0) is 22.4 Å². The quantitative estimate of drug-likeness (QED) is 0.787. The van der Waals surface area contributed by atoms with E-state index in [-0.39, 0.29) is 11.8 Å². The van der Waals surface area contributed by atoms with Gasteiger partial charge in [-0.05, 0) is 36.8 Å². The monoisotopic (exact) mass is 368 g/mol. The minimum absolute atomic E-state index is 0.115. The molecular weight excluding hydrogens is 344 g/mol. The lowest BCUT2D eigenvalue weighted by molar-refractivity contribution is -0.135. The zero-order chi connectivity index (χ0) is 19.8. The number of hydrogen-bond acceptors (Lipinski definition) is 4. The van der Waals surface area contributed by atoms with Crippen LogP contribution in [0.4, 0.5) is 4.79 Å². The molecule has 2 atom stereocenters. The van der Waals surface area contributed by atoms with Gasteiger partial charge in [0.25, 0.3) is 5.91 Å². The normalized spacial score (nSPS) is 23.6. The third kappa shape index (κ3) is 3.27. The zero-order valence-corrected chi connectivity index (χ0v) is 15.8. The number of rotatable bonds is 4. The lowest BCUT2D eigenvalue weighted by atomic mass is 9.78. The van der Waals surface area contributed by atoms with Crippen LogP contribution in [0.15, 0.2) is 24.3 Å². The molecule has 0 bridgehead atoms. The number of carbonyl (C=O) groups excluding carboxylic acids is 3. The van der Waals surface area contributed by atoms with Gasteiger partial charge in [0.15, 0.2) is 0 Å². The van der Waals surface area contributed by atoms with E-state index in [0.29, 0.717) is 19.3 Å². The third-order valence-corrected chi connectivity index (χ3v) is 5.77. The van der Waals surface area contributed by atoms with E-state index >= 15 is 0 Å². The van der Waals surface area contributed by atoms with E-state index in [1.807, 2.05) is 38.1 Å². The average molecular weight is 368 g/mol. The van der Waals surface area contributed by atoms with Gasteiger partial charge in [0.2, 0.25) is 5.91 Å². The Morgan fingerprint density at radius 3 is 2.67 bits per heavy atom. The second-order valence-corrected chi connectivity index (χ2v) is 7.87. The first-order valence-electron chi connectivity index (χ1n) is 9.14. The Bertz CT molecular complexity index is 844. The Kier molecular flexibility index (Phi) is 4.68. The van der Waals surface area contributed by atoms with Crippen LogP contribution >= 0.6 is 0 Å². The van der Waals surface area contributed by atoms with Crippen molar-refractivity contribution in [1.29, 1.82) is 5.26 Å². The van der Waals surface area contributed by atoms with Gasteiger partial charge in [-0.15, -0.1) is 0 Å². The van der Waals surface area contributed by atoms with Gasteiger partial charge in [-0.25, -0.2) is 4.79 Å². The highest BCUT2D eigenvalue weighted by atomic mass is 16.2. The first kappa shape index (κ1) is 18.9. The Morgan fingerprint density at radius 1 is 1.37 bits per heavy atom. The van der Waals surface area contributed by atoms with Gasteiger partial charge >= 0.3 is 6.03 Å². The first-order chi connectivity index (χ1) is 12.7. The molecule has 2 N–H and O–H groups in total. The largest absolute Gasteiger partial charge is 0.336 e. The molecule has 1 aliphatic heterocycles. The summed E-state index contributed by atoms with van der Waals surface area (Å²) in [6, 6.07) is 9.40. The van der Waals surface area contributed by atoms with E-state index in [0.717, 1.165) is 10.5 Å². The lowest BCUT2D eigenvalue weighted by Gasteiger charge is -2.32. The predicted molar refractivity (Wildman–Crippen MR) is 98.4 cm³/mol. The molecule has 1 saturated heterocycles. The lowest BCUT2D eigenvalue weighted by Crippen LogP contribution is -2.53. The fourth-order valence-corrected chi connectivity index (χ4v) is 3.62. The van der Waals surface area contributed by atoms with Gasteiger partial charge < -0.3 is 10.6 Å². The number of fused-ring (bicyclic) bond motifs is 1. The number of urea groups is 1. The smallest absolute Gasteiger partial charge is 0.325 e. The molecule has 2 aliphatic rings. The average Bonchev–Trinajstić information content (AvgIpc) is 2.85. The van der Waals surface area contributed by atoms with Gasteiger partial charge in [0, 0.05) is 6.42 Å². The molecule has 1 aromatic rings. The molecule has 4 amide bonds. The summed E-state index contributed by atoms with van der Waals surface area (Å²) >= 11 is 0. The van der Waals surface area contributed by atoms with Gasteiger partial charge in [-0.2, -0.15) is 5.26 Å². The summed E-state index contributed by atoms with van der Waals surface area (Å²) in [6.07, 6.45) is 1.63. The van der Waals surface area contributed by atoms with Crippen LogP contribution in [0.25, 0.3) is 0 Å². The van der Waals surface area contributed by atoms with Crippen molar-refractivity contribution in [2.45, 2.75) is 51.1 Å². The van der Waals surface area contributed by atoms with Crippen LogP contribution in [-0.4, -0.2) is 40.4 Å².